The minimum absolute atomic E-state index is 0.338. The van der Waals surface area contributed by atoms with E-state index in [1.807, 2.05) is 0 Å². The molecule has 8 aromatic rings. The molecule has 8 aromatic carbocycles. The Morgan fingerprint density at radius 3 is 1.13 bits per heavy atom. The second-order valence-corrected chi connectivity index (χ2v) is 15.3. The Hall–Kier alpha value is -5.60. The van der Waals surface area contributed by atoms with Gasteiger partial charge >= 0.3 is 0 Å². The highest BCUT2D eigenvalue weighted by Gasteiger charge is 2.26. The zero-order valence-electron chi connectivity index (χ0n) is 31.8. The van der Waals surface area contributed by atoms with Crippen LogP contribution < -0.4 is 9.80 Å². The van der Waals surface area contributed by atoms with Gasteiger partial charge in [-0.25, -0.2) is 0 Å². The fourth-order valence-corrected chi connectivity index (χ4v) is 8.32. The molecule has 8 rings (SSSR count). The Balaban J connectivity index is 1.55. The van der Waals surface area contributed by atoms with E-state index in [-0.39, 0.29) is 0 Å². The predicted molar refractivity (Wildman–Crippen MR) is 227 cm³/mol. The minimum atomic E-state index is 0.338. The summed E-state index contributed by atoms with van der Waals surface area (Å²) >= 11 is 0. The summed E-state index contributed by atoms with van der Waals surface area (Å²) in [5.41, 5.74) is 14.9. The summed E-state index contributed by atoms with van der Waals surface area (Å²) < 4.78 is 0. The zero-order chi connectivity index (χ0) is 36.3. The van der Waals surface area contributed by atoms with Crippen molar-refractivity contribution in [1.29, 1.82) is 0 Å². The van der Waals surface area contributed by atoms with Gasteiger partial charge in [0, 0.05) is 33.5 Å². The molecule has 0 atom stereocenters. The monoisotopic (exact) mass is 676 g/mol. The minimum Gasteiger partial charge on any atom is -0.310 e. The zero-order valence-corrected chi connectivity index (χ0v) is 31.8. The van der Waals surface area contributed by atoms with Crippen LogP contribution in [-0.4, -0.2) is 0 Å². The van der Waals surface area contributed by atoms with E-state index in [9.17, 15) is 0 Å². The summed E-state index contributed by atoms with van der Waals surface area (Å²) in [4.78, 5) is 4.97. The summed E-state index contributed by atoms with van der Waals surface area (Å²) in [6.45, 7) is 18.2. The number of benzene rings is 8. The van der Waals surface area contributed by atoms with Gasteiger partial charge in [0.15, 0.2) is 0 Å². The van der Waals surface area contributed by atoms with Gasteiger partial charge in [0.1, 0.15) is 0 Å². The highest BCUT2D eigenvalue weighted by atomic mass is 15.2. The lowest BCUT2D eigenvalue weighted by Gasteiger charge is -2.32. The molecular weight excluding hydrogens is 629 g/mol. The molecule has 0 saturated heterocycles. The second kappa shape index (κ2) is 13.2. The summed E-state index contributed by atoms with van der Waals surface area (Å²) in [6, 6.07) is 50.0. The lowest BCUT2D eigenvalue weighted by molar-refractivity contribution is 0.876. The molecule has 0 heterocycles. The van der Waals surface area contributed by atoms with Crippen molar-refractivity contribution in [3.63, 3.8) is 0 Å². The maximum absolute atomic E-state index is 2.51. The average Bonchev–Trinajstić information content (AvgIpc) is 3.12. The molecule has 2 heteroatoms. The SMILES string of the molecule is Cc1cccc(N(c2ccccc2C)c2ccc3c(C(C)C)cc4c(N(c5cccc(C)c5)c5ccccc5C)ccc5c(C(C)C)cc2c3c54)c1. The fraction of sp³-hybridized carbons (Fsp3) is 0.200. The first-order valence-corrected chi connectivity index (χ1v) is 18.8. The summed E-state index contributed by atoms with van der Waals surface area (Å²) in [7, 11) is 0. The van der Waals surface area contributed by atoms with E-state index >= 15 is 0 Å². The third-order valence-corrected chi connectivity index (χ3v) is 10.9. The molecule has 0 aliphatic heterocycles. The van der Waals surface area contributed by atoms with Crippen molar-refractivity contribution < 1.29 is 0 Å². The van der Waals surface area contributed by atoms with Crippen molar-refractivity contribution in [3.05, 3.63) is 167 Å². The van der Waals surface area contributed by atoms with Crippen LogP contribution in [0.15, 0.2) is 133 Å². The third kappa shape index (κ3) is 5.58. The molecule has 0 N–H and O–H groups in total. The lowest BCUT2D eigenvalue weighted by Crippen LogP contribution is -2.13. The molecule has 0 aliphatic rings. The Morgan fingerprint density at radius 2 is 0.769 bits per heavy atom. The molecule has 0 fully saturated rings. The Morgan fingerprint density at radius 1 is 0.365 bits per heavy atom. The largest absolute Gasteiger partial charge is 0.310 e. The van der Waals surface area contributed by atoms with Crippen LogP contribution in [0.5, 0.6) is 0 Å². The normalized spacial score (nSPS) is 11.8. The van der Waals surface area contributed by atoms with Crippen molar-refractivity contribution in [3.8, 4) is 0 Å². The topological polar surface area (TPSA) is 6.48 Å². The van der Waals surface area contributed by atoms with E-state index in [0.717, 1.165) is 0 Å². The van der Waals surface area contributed by atoms with Crippen LogP contribution in [0.25, 0.3) is 32.3 Å². The molecule has 0 unspecified atom stereocenters. The van der Waals surface area contributed by atoms with Crippen LogP contribution in [0, 0.1) is 27.7 Å². The second-order valence-electron chi connectivity index (χ2n) is 15.3. The maximum Gasteiger partial charge on any atom is 0.0540 e. The summed E-state index contributed by atoms with van der Waals surface area (Å²) in [5.74, 6) is 0.676. The smallest absolute Gasteiger partial charge is 0.0540 e. The van der Waals surface area contributed by atoms with Crippen LogP contribution in [0.1, 0.15) is 72.9 Å². The number of anilines is 6. The molecule has 0 radical (unpaired) electrons. The van der Waals surface area contributed by atoms with Gasteiger partial charge in [0.05, 0.1) is 11.4 Å². The van der Waals surface area contributed by atoms with Gasteiger partial charge < -0.3 is 9.80 Å². The maximum atomic E-state index is 2.51. The highest BCUT2D eigenvalue weighted by Crippen LogP contribution is 2.51. The molecule has 0 aliphatic carbocycles. The van der Waals surface area contributed by atoms with Crippen molar-refractivity contribution in [2.45, 2.75) is 67.2 Å². The summed E-state index contributed by atoms with van der Waals surface area (Å²) in [5, 5.41) is 7.96. The standard InChI is InChI=1S/C50H48N2/c1-31(2)41-29-43-47(51(37-19-13-15-33(5)27-37)45-21-11-9-17-35(45)7)26-24-40-42(32(3)4)30-44-48(25-23-39(41)49(44)50(40)43)52(38-20-14-16-34(6)28-38)46-22-12-10-18-36(46)8/h9-32H,1-8H3. The molecule has 0 amide bonds. The van der Waals surface area contributed by atoms with E-state index in [2.05, 4.69) is 199 Å². The molecule has 0 saturated carbocycles. The number of hydrogen-bond acceptors (Lipinski definition) is 2. The van der Waals surface area contributed by atoms with Gasteiger partial charge in [0.25, 0.3) is 0 Å². The average molecular weight is 677 g/mol. The predicted octanol–water partition coefficient (Wildman–Crippen LogP) is 15.0. The van der Waals surface area contributed by atoms with Gasteiger partial charge in [-0.1, -0.05) is 100 Å². The Bertz CT molecular complexity index is 2410. The first kappa shape index (κ1) is 33.5. The number of hydrogen-bond donors (Lipinski definition) is 0. The van der Waals surface area contributed by atoms with Gasteiger partial charge in [-0.2, -0.15) is 0 Å². The van der Waals surface area contributed by atoms with Crippen LogP contribution in [0.2, 0.25) is 0 Å². The molecule has 0 spiro atoms. The number of rotatable bonds is 8. The van der Waals surface area contributed by atoms with Gasteiger partial charge in [-0.15, -0.1) is 0 Å². The van der Waals surface area contributed by atoms with Crippen LogP contribution >= 0.6 is 0 Å². The van der Waals surface area contributed by atoms with E-state index in [1.165, 1.54) is 99.8 Å². The molecule has 52 heavy (non-hydrogen) atoms. The first-order valence-electron chi connectivity index (χ1n) is 18.8. The summed E-state index contributed by atoms with van der Waals surface area (Å²) in [6.07, 6.45) is 0. The molecule has 258 valence electrons. The first-order chi connectivity index (χ1) is 25.1. The fourth-order valence-electron chi connectivity index (χ4n) is 8.32. The quantitative estimate of drug-likeness (QED) is 0.148. The Kier molecular flexibility index (Phi) is 8.50. The van der Waals surface area contributed by atoms with E-state index < -0.39 is 0 Å². The van der Waals surface area contributed by atoms with Crippen LogP contribution in [0.3, 0.4) is 0 Å². The van der Waals surface area contributed by atoms with Crippen molar-refractivity contribution >= 4 is 66.4 Å². The van der Waals surface area contributed by atoms with Gasteiger partial charge in [-0.3, -0.25) is 0 Å². The molecule has 2 nitrogen and oxygen atoms in total. The van der Waals surface area contributed by atoms with Crippen LogP contribution in [-0.2, 0) is 0 Å². The molecule has 0 aromatic heterocycles. The number of aryl methyl sites for hydroxylation is 4. The highest BCUT2D eigenvalue weighted by molar-refractivity contribution is 6.29. The van der Waals surface area contributed by atoms with E-state index in [0.29, 0.717) is 11.8 Å². The number of nitrogens with zero attached hydrogens (tertiary/aromatic N) is 2. The van der Waals surface area contributed by atoms with E-state index in [4.69, 9.17) is 0 Å². The van der Waals surface area contributed by atoms with Crippen molar-refractivity contribution in [1.82, 2.24) is 0 Å². The number of para-hydroxylation sites is 2. The Labute approximate surface area is 309 Å². The van der Waals surface area contributed by atoms with Crippen molar-refractivity contribution in [2.75, 3.05) is 9.80 Å². The van der Waals surface area contributed by atoms with Gasteiger partial charge in [-0.05, 0) is 155 Å². The third-order valence-electron chi connectivity index (χ3n) is 10.9. The molecule has 0 bridgehead atoms. The van der Waals surface area contributed by atoms with Crippen molar-refractivity contribution in [2.24, 2.45) is 0 Å². The van der Waals surface area contributed by atoms with Crippen LogP contribution in [0.4, 0.5) is 34.1 Å². The lowest BCUT2D eigenvalue weighted by atomic mass is 9.83. The molecular formula is C50H48N2. The van der Waals surface area contributed by atoms with Gasteiger partial charge in [0.2, 0.25) is 0 Å². The van der Waals surface area contributed by atoms with E-state index in [1.54, 1.807) is 0 Å².